The molecule has 1 aromatic carbocycles. The second kappa shape index (κ2) is 4.49. The number of nitrogens with two attached hydrogens (primary N) is 1. The molecule has 1 aromatic heterocycles. The summed E-state index contributed by atoms with van der Waals surface area (Å²) in [5.74, 6) is -0.318. The number of hydrogen-bond donors (Lipinski definition) is 2. The fourth-order valence-corrected chi connectivity index (χ4v) is 1.51. The second-order valence-corrected chi connectivity index (χ2v) is 4.12. The molecule has 0 aliphatic rings. The first-order valence-corrected chi connectivity index (χ1v) is 5.37. The Hall–Kier alpha value is -1.62. The van der Waals surface area contributed by atoms with Gasteiger partial charge in [-0.05, 0) is 40.2 Å². The number of hydrogen-bond acceptors (Lipinski definition) is 3. The number of halogens is 2. The third-order valence-electron chi connectivity index (χ3n) is 1.97. The van der Waals surface area contributed by atoms with E-state index in [1.807, 2.05) is 0 Å². The van der Waals surface area contributed by atoms with Gasteiger partial charge in [0, 0.05) is 11.9 Å². The van der Waals surface area contributed by atoms with E-state index in [0.717, 1.165) is 5.69 Å². The van der Waals surface area contributed by atoms with Gasteiger partial charge in [-0.2, -0.15) is 0 Å². The molecule has 0 saturated heterocycles. The summed E-state index contributed by atoms with van der Waals surface area (Å²) in [6.07, 6.45) is 3.17. The van der Waals surface area contributed by atoms with Crippen LogP contribution in [0.3, 0.4) is 0 Å². The molecule has 0 aliphatic heterocycles. The van der Waals surface area contributed by atoms with Gasteiger partial charge >= 0.3 is 0 Å². The van der Waals surface area contributed by atoms with Crippen LogP contribution in [0.15, 0.2) is 41.1 Å². The molecule has 5 heteroatoms. The maximum atomic E-state index is 13.2. The van der Waals surface area contributed by atoms with Gasteiger partial charge in [0.2, 0.25) is 0 Å². The van der Waals surface area contributed by atoms with E-state index in [1.54, 1.807) is 30.6 Å². The molecule has 1 heterocycles. The van der Waals surface area contributed by atoms with E-state index in [0.29, 0.717) is 15.8 Å². The fourth-order valence-electron chi connectivity index (χ4n) is 1.27. The van der Waals surface area contributed by atoms with E-state index >= 15 is 0 Å². The maximum absolute atomic E-state index is 13.2. The van der Waals surface area contributed by atoms with Crippen molar-refractivity contribution in [3.8, 4) is 0 Å². The van der Waals surface area contributed by atoms with Crippen LogP contribution in [0.25, 0.3) is 0 Å². The third-order valence-corrected chi connectivity index (χ3v) is 2.61. The molecule has 2 rings (SSSR count). The Labute approximate surface area is 101 Å². The lowest BCUT2D eigenvalue weighted by molar-refractivity contribution is 0.622. The highest BCUT2D eigenvalue weighted by Gasteiger charge is 2.01. The minimum absolute atomic E-state index is 0.318. The Morgan fingerprint density at radius 1 is 1.19 bits per heavy atom. The summed E-state index contributed by atoms with van der Waals surface area (Å²) in [7, 11) is 0. The molecule has 0 radical (unpaired) electrons. The average Bonchev–Trinajstić information content (AvgIpc) is 2.24. The molecule has 82 valence electrons. The average molecular weight is 282 g/mol. The van der Waals surface area contributed by atoms with E-state index in [2.05, 4.69) is 26.2 Å². The van der Waals surface area contributed by atoms with Crippen LogP contribution in [0, 0.1) is 5.82 Å². The first kappa shape index (κ1) is 10.9. The molecular formula is C11H9BrFN3. The lowest BCUT2D eigenvalue weighted by Crippen LogP contribution is -1.94. The molecule has 0 fully saturated rings. The van der Waals surface area contributed by atoms with Gasteiger partial charge in [-0.1, -0.05) is 0 Å². The predicted octanol–water partition coefficient (Wildman–Crippen LogP) is 3.31. The van der Waals surface area contributed by atoms with E-state index in [-0.39, 0.29) is 5.82 Å². The lowest BCUT2D eigenvalue weighted by atomic mass is 10.3. The topological polar surface area (TPSA) is 50.9 Å². The van der Waals surface area contributed by atoms with Crippen molar-refractivity contribution in [3.05, 3.63) is 46.9 Å². The first-order valence-electron chi connectivity index (χ1n) is 4.58. The molecule has 0 unspecified atom stereocenters. The summed E-state index contributed by atoms with van der Waals surface area (Å²) < 4.78 is 13.7. The smallest absolute Gasteiger partial charge is 0.139 e. The number of anilines is 3. The molecule has 3 N–H and O–H groups in total. The quantitative estimate of drug-likeness (QED) is 0.888. The molecule has 0 bridgehead atoms. The van der Waals surface area contributed by atoms with Crippen LogP contribution < -0.4 is 11.1 Å². The van der Waals surface area contributed by atoms with Crippen molar-refractivity contribution in [2.75, 3.05) is 11.1 Å². The molecule has 3 nitrogen and oxygen atoms in total. The molecule has 0 atom stereocenters. The van der Waals surface area contributed by atoms with Crippen LogP contribution in [0.4, 0.5) is 21.5 Å². The molecule has 0 spiro atoms. The number of rotatable bonds is 2. The molecule has 0 amide bonds. The Kier molecular flexibility index (Phi) is 3.05. The van der Waals surface area contributed by atoms with Gasteiger partial charge in [-0.15, -0.1) is 0 Å². The van der Waals surface area contributed by atoms with Gasteiger partial charge in [0.1, 0.15) is 5.82 Å². The van der Waals surface area contributed by atoms with E-state index in [4.69, 9.17) is 5.73 Å². The summed E-state index contributed by atoms with van der Waals surface area (Å²) in [6.45, 7) is 0. The van der Waals surface area contributed by atoms with Crippen molar-refractivity contribution >= 4 is 33.0 Å². The number of nitrogens with zero attached hydrogens (tertiary/aromatic N) is 1. The number of nitrogens with one attached hydrogen (secondary N) is 1. The predicted molar refractivity (Wildman–Crippen MR) is 66.0 cm³/mol. The minimum Gasteiger partial charge on any atom is -0.397 e. The Morgan fingerprint density at radius 2 is 2.00 bits per heavy atom. The standard InChI is InChI=1S/C11H9BrFN3/c12-10-2-1-8(4-11(10)13)16-9-3-7(14)5-15-6-9/h1-6,16H,14H2. The van der Waals surface area contributed by atoms with Gasteiger partial charge in [0.05, 0.1) is 22.0 Å². The van der Waals surface area contributed by atoms with Crippen LogP contribution in [0.2, 0.25) is 0 Å². The van der Waals surface area contributed by atoms with Crippen molar-refractivity contribution < 1.29 is 4.39 Å². The minimum atomic E-state index is -0.318. The van der Waals surface area contributed by atoms with Gasteiger partial charge in [-0.3, -0.25) is 4.98 Å². The Morgan fingerprint density at radius 3 is 2.69 bits per heavy atom. The number of benzene rings is 1. The Bertz CT molecular complexity index is 516. The van der Waals surface area contributed by atoms with Gasteiger partial charge in [0.15, 0.2) is 0 Å². The SMILES string of the molecule is Nc1cncc(Nc2ccc(Br)c(F)c2)c1. The van der Waals surface area contributed by atoms with Crippen LogP contribution in [-0.2, 0) is 0 Å². The monoisotopic (exact) mass is 281 g/mol. The van der Waals surface area contributed by atoms with E-state index < -0.39 is 0 Å². The zero-order chi connectivity index (χ0) is 11.5. The molecular weight excluding hydrogens is 273 g/mol. The highest BCUT2D eigenvalue weighted by Crippen LogP contribution is 2.22. The lowest BCUT2D eigenvalue weighted by Gasteiger charge is -2.07. The maximum Gasteiger partial charge on any atom is 0.139 e. The number of nitrogen functional groups attached to an aromatic ring is 1. The summed E-state index contributed by atoms with van der Waals surface area (Å²) in [5, 5.41) is 3.01. The zero-order valence-electron chi connectivity index (χ0n) is 8.24. The van der Waals surface area contributed by atoms with E-state index in [1.165, 1.54) is 6.07 Å². The molecule has 16 heavy (non-hydrogen) atoms. The summed E-state index contributed by atoms with van der Waals surface area (Å²) in [4.78, 5) is 3.93. The fraction of sp³-hybridized carbons (Fsp3) is 0. The Balaban J connectivity index is 2.24. The third kappa shape index (κ3) is 2.49. The van der Waals surface area contributed by atoms with Crippen molar-refractivity contribution in [3.63, 3.8) is 0 Å². The number of aromatic nitrogens is 1. The van der Waals surface area contributed by atoms with Crippen molar-refractivity contribution in [1.82, 2.24) is 4.98 Å². The van der Waals surface area contributed by atoms with Crippen LogP contribution in [0.5, 0.6) is 0 Å². The second-order valence-electron chi connectivity index (χ2n) is 3.26. The van der Waals surface area contributed by atoms with Crippen molar-refractivity contribution in [2.45, 2.75) is 0 Å². The normalized spacial score (nSPS) is 10.1. The van der Waals surface area contributed by atoms with Crippen LogP contribution >= 0.6 is 15.9 Å². The first-order chi connectivity index (χ1) is 7.65. The van der Waals surface area contributed by atoms with Gasteiger partial charge in [-0.25, -0.2) is 4.39 Å². The highest BCUT2D eigenvalue weighted by atomic mass is 79.9. The van der Waals surface area contributed by atoms with Crippen LogP contribution in [-0.4, -0.2) is 4.98 Å². The molecule has 2 aromatic rings. The highest BCUT2D eigenvalue weighted by molar-refractivity contribution is 9.10. The summed E-state index contributed by atoms with van der Waals surface area (Å²) in [6, 6.07) is 6.52. The van der Waals surface area contributed by atoms with Crippen molar-refractivity contribution in [2.24, 2.45) is 0 Å². The molecule has 0 saturated carbocycles. The van der Waals surface area contributed by atoms with Crippen LogP contribution in [0.1, 0.15) is 0 Å². The number of pyridine rings is 1. The largest absolute Gasteiger partial charge is 0.397 e. The summed E-state index contributed by atoms with van der Waals surface area (Å²) in [5.41, 5.74) is 7.51. The summed E-state index contributed by atoms with van der Waals surface area (Å²) >= 11 is 3.09. The van der Waals surface area contributed by atoms with Gasteiger partial charge < -0.3 is 11.1 Å². The molecule has 0 aliphatic carbocycles. The zero-order valence-corrected chi connectivity index (χ0v) is 9.83. The van der Waals surface area contributed by atoms with Gasteiger partial charge in [0.25, 0.3) is 0 Å². The van der Waals surface area contributed by atoms with Crippen molar-refractivity contribution in [1.29, 1.82) is 0 Å². The van der Waals surface area contributed by atoms with E-state index in [9.17, 15) is 4.39 Å².